The van der Waals surface area contributed by atoms with E-state index < -0.39 is 5.97 Å². The van der Waals surface area contributed by atoms with E-state index in [4.69, 9.17) is 26.2 Å². The molecule has 1 fully saturated rings. The van der Waals surface area contributed by atoms with Gasteiger partial charge in [-0.05, 0) is 31.4 Å². The fourth-order valence-electron chi connectivity index (χ4n) is 2.48. The molecule has 1 N–H and O–H groups in total. The summed E-state index contributed by atoms with van der Waals surface area (Å²) in [5, 5.41) is 13.5. The number of benzene rings is 1. The molecule has 0 saturated heterocycles. The first-order chi connectivity index (χ1) is 11.0. The van der Waals surface area contributed by atoms with Crippen molar-refractivity contribution in [2.45, 2.75) is 25.4 Å². The number of carboxylic acids is 1. The molecule has 0 bridgehead atoms. The number of hydrogen-bond acceptors (Lipinski definition) is 4. The van der Waals surface area contributed by atoms with Gasteiger partial charge in [0, 0.05) is 18.7 Å². The third-order valence-electron chi connectivity index (χ3n) is 3.97. The van der Waals surface area contributed by atoms with Crippen molar-refractivity contribution in [1.29, 1.82) is 0 Å². The minimum Gasteiger partial charge on any atom is -0.493 e. The second-order valence-electron chi connectivity index (χ2n) is 5.50. The summed E-state index contributed by atoms with van der Waals surface area (Å²) in [6.45, 7) is 0. The number of hydrogen-bond donors (Lipinski definition) is 1. The Morgan fingerprint density at radius 1 is 1.35 bits per heavy atom. The van der Waals surface area contributed by atoms with Gasteiger partial charge in [0.2, 0.25) is 0 Å². The first-order valence-corrected chi connectivity index (χ1v) is 7.69. The zero-order chi connectivity index (χ0) is 16.6. The highest BCUT2D eigenvalue weighted by molar-refractivity contribution is 6.33. The Balaban J connectivity index is 2.04. The molecule has 1 aromatic heterocycles. The summed E-state index contributed by atoms with van der Waals surface area (Å²) in [5.41, 5.74) is 1.23. The molecule has 122 valence electrons. The standard InChI is InChI=1S/C16H17ClN2O4/c1-19-13(8-12(18-19)16(20)21)10-6-15(23-9-4-3-5-9)14(22-2)7-11(10)17/h6-9H,3-5H2,1-2H3,(H,20,21). The molecule has 23 heavy (non-hydrogen) atoms. The third-order valence-corrected chi connectivity index (χ3v) is 4.29. The highest BCUT2D eigenvalue weighted by Crippen LogP contribution is 2.40. The summed E-state index contributed by atoms with van der Waals surface area (Å²) in [5.74, 6) is 0.0865. The molecule has 2 aromatic rings. The Morgan fingerprint density at radius 3 is 2.61 bits per heavy atom. The van der Waals surface area contributed by atoms with Crippen molar-refractivity contribution in [3.05, 3.63) is 28.9 Å². The molecule has 1 saturated carbocycles. The van der Waals surface area contributed by atoms with E-state index in [-0.39, 0.29) is 11.8 Å². The second-order valence-corrected chi connectivity index (χ2v) is 5.90. The van der Waals surface area contributed by atoms with Crippen LogP contribution in [0.5, 0.6) is 11.5 Å². The average molecular weight is 337 g/mol. The Kier molecular flexibility index (Phi) is 4.17. The van der Waals surface area contributed by atoms with E-state index in [0.717, 1.165) is 19.3 Å². The van der Waals surface area contributed by atoms with Crippen molar-refractivity contribution in [2.24, 2.45) is 7.05 Å². The Labute approximate surface area is 138 Å². The third kappa shape index (κ3) is 2.99. The monoisotopic (exact) mass is 336 g/mol. The molecule has 0 radical (unpaired) electrons. The number of nitrogens with zero attached hydrogens (tertiary/aromatic N) is 2. The number of carboxylic acid groups (broad SMARTS) is 1. The summed E-state index contributed by atoms with van der Waals surface area (Å²) in [6.07, 6.45) is 3.40. The van der Waals surface area contributed by atoms with Crippen LogP contribution < -0.4 is 9.47 Å². The van der Waals surface area contributed by atoms with Gasteiger partial charge in [-0.15, -0.1) is 0 Å². The van der Waals surface area contributed by atoms with E-state index in [1.165, 1.54) is 10.7 Å². The summed E-state index contributed by atoms with van der Waals surface area (Å²) >= 11 is 6.34. The van der Waals surface area contributed by atoms with Gasteiger partial charge in [-0.25, -0.2) is 4.79 Å². The second kappa shape index (κ2) is 6.12. The molecule has 0 amide bonds. The van der Waals surface area contributed by atoms with Gasteiger partial charge in [-0.2, -0.15) is 5.10 Å². The van der Waals surface area contributed by atoms with Crippen LogP contribution in [0.3, 0.4) is 0 Å². The molecule has 6 nitrogen and oxygen atoms in total. The van der Waals surface area contributed by atoms with Crippen molar-refractivity contribution in [3.8, 4) is 22.8 Å². The largest absolute Gasteiger partial charge is 0.493 e. The van der Waals surface area contributed by atoms with Crippen molar-refractivity contribution in [2.75, 3.05) is 7.11 Å². The van der Waals surface area contributed by atoms with E-state index in [9.17, 15) is 4.79 Å². The molecule has 0 atom stereocenters. The van der Waals surface area contributed by atoms with E-state index >= 15 is 0 Å². The SMILES string of the molecule is COc1cc(Cl)c(-c2cc(C(=O)O)nn2C)cc1OC1CCC1. The maximum Gasteiger partial charge on any atom is 0.356 e. The van der Waals surface area contributed by atoms with Gasteiger partial charge in [0.25, 0.3) is 0 Å². The van der Waals surface area contributed by atoms with Crippen LogP contribution in [0.1, 0.15) is 29.8 Å². The molecule has 1 heterocycles. The van der Waals surface area contributed by atoms with Gasteiger partial charge in [-0.3, -0.25) is 4.68 Å². The minimum atomic E-state index is -1.08. The summed E-state index contributed by atoms with van der Waals surface area (Å²) in [4.78, 5) is 11.1. The molecule has 0 unspecified atom stereocenters. The zero-order valence-electron chi connectivity index (χ0n) is 12.9. The number of methoxy groups -OCH3 is 1. The van der Waals surface area contributed by atoms with Gasteiger partial charge in [0.15, 0.2) is 17.2 Å². The lowest BCUT2D eigenvalue weighted by Gasteiger charge is -2.27. The summed E-state index contributed by atoms with van der Waals surface area (Å²) in [6, 6.07) is 4.95. The molecule has 7 heteroatoms. The van der Waals surface area contributed by atoms with E-state index in [1.807, 2.05) is 0 Å². The fraction of sp³-hybridized carbons (Fsp3) is 0.375. The highest BCUT2D eigenvalue weighted by Gasteiger charge is 2.23. The van der Waals surface area contributed by atoms with Crippen LogP contribution in [-0.4, -0.2) is 34.1 Å². The number of aromatic nitrogens is 2. The van der Waals surface area contributed by atoms with Gasteiger partial charge in [0.1, 0.15) is 0 Å². The quantitative estimate of drug-likeness (QED) is 0.906. The predicted octanol–water partition coefficient (Wildman–Crippen LogP) is 3.38. The van der Waals surface area contributed by atoms with Crippen LogP contribution in [0.4, 0.5) is 0 Å². The number of aryl methyl sites for hydroxylation is 1. The smallest absolute Gasteiger partial charge is 0.356 e. The topological polar surface area (TPSA) is 73.6 Å². The number of aromatic carboxylic acids is 1. The molecule has 3 rings (SSSR count). The number of halogens is 1. The Bertz CT molecular complexity index is 753. The maximum absolute atomic E-state index is 11.1. The van der Waals surface area contributed by atoms with E-state index in [1.54, 1.807) is 26.3 Å². The lowest BCUT2D eigenvalue weighted by atomic mass is 9.96. The van der Waals surface area contributed by atoms with E-state index in [0.29, 0.717) is 27.8 Å². The van der Waals surface area contributed by atoms with E-state index in [2.05, 4.69) is 5.10 Å². The van der Waals surface area contributed by atoms with Crippen molar-refractivity contribution < 1.29 is 19.4 Å². The minimum absolute atomic E-state index is 0.0316. The normalized spacial score (nSPS) is 14.4. The predicted molar refractivity (Wildman–Crippen MR) is 85.4 cm³/mol. The Morgan fingerprint density at radius 2 is 2.09 bits per heavy atom. The van der Waals surface area contributed by atoms with Gasteiger partial charge >= 0.3 is 5.97 Å². The van der Waals surface area contributed by atoms with Crippen molar-refractivity contribution >= 4 is 17.6 Å². The molecule has 0 aliphatic heterocycles. The number of ether oxygens (including phenoxy) is 2. The van der Waals surface area contributed by atoms with Crippen LogP contribution in [0.25, 0.3) is 11.3 Å². The fourth-order valence-corrected chi connectivity index (χ4v) is 2.73. The van der Waals surface area contributed by atoms with Gasteiger partial charge < -0.3 is 14.6 Å². The molecule has 1 aliphatic carbocycles. The molecule has 1 aliphatic rings. The van der Waals surface area contributed by atoms with Gasteiger partial charge in [-0.1, -0.05) is 11.6 Å². The molecule has 0 spiro atoms. The lowest BCUT2D eigenvalue weighted by molar-refractivity contribution is 0.0689. The van der Waals surface area contributed by atoms with Crippen LogP contribution in [0, 0.1) is 0 Å². The van der Waals surface area contributed by atoms with Crippen LogP contribution in [-0.2, 0) is 7.05 Å². The van der Waals surface area contributed by atoms with Crippen LogP contribution in [0.15, 0.2) is 18.2 Å². The molecular weight excluding hydrogens is 320 g/mol. The first-order valence-electron chi connectivity index (χ1n) is 7.31. The average Bonchev–Trinajstić information content (AvgIpc) is 2.85. The maximum atomic E-state index is 11.1. The zero-order valence-corrected chi connectivity index (χ0v) is 13.6. The molecular formula is C16H17ClN2O4. The highest BCUT2D eigenvalue weighted by atomic mass is 35.5. The summed E-state index contributed by atoms with van der Waals surface area (Å²) in [7, 11) is 3.24. The first kappa shape index (κ1) is 15.7. The van der Waals surface area contributed by atoms with Gasteiger partial charge in [0.05, 0.1) is 23.9 Å². The molecule has 1 aromatic carbocycles. The van der Waals surface area contributed by atoms with Crippen molar-refractivity contribution in [3.63, 3.8) is 0 Å². The Hall–Kier alpha value is -2.21. The van der Waals surface area contributed by atoms with Crippen LogP contribution in [0.2, 0.25) is 5.02 Å². The van der Waals surface area contributed by atoms with Crippen LogP contribution >= 0.6 is 11.6 Å². The lowest BCUT2D eigenvalue weighted by Crippen LogP contribution is -2.24. The van der Waals surface area contributed by atoms with Crippen molar-refractivity contribution in [1.82, 2.24) is 9.78 Å². The number of carbonyl (C=O) groups is 1. The number of rotatable bonds is 5. The summed E-state index contributed by atoms with van der Waals surface area (Å²) < 4.78 is 12.8.